The number of aromatic nitrogens is 3. The molecule has 10 heteroatoms. The average Bonchev–Trinajstić information content (AvgIpc) is 3.04. The number of carbonyl (C=O) groups excluding carboxylic acids is 1. The number of nitrogens with one attached hydrogen (secondary N) is 3. The van der Waals surface area contributed by atoms with Gasteiger partial charge in [0.1, 0.15) is 0 Å². The average molecular weight is 466 g/mol. The molecule has 0 fully saturated rings. The molecular formula is C17H14BrClN6OS. The zero-order valence-corrected chi connectivity index (χ0v) is 17.2. The number of benzene rings is 2. The van der Waals surface area contributed by atoms with Crippen molar-refractivity contribution in [3.63, 3.8) is 0 Å². The number of anilines is 1. The fraction of sp³-hybridized carbons (Fsp3) is 0.0588. The van der Waals surface area contributed by atoms with E-state index in [1.165, 1.54) is 0 Å². The third-order valence-corrected chi connectivity index (χ3v) is 4.56. The minimum atomic E-state index is -0.451. The van der Waals surface area contributed by atoms with Crippen LogP contribution in [0.25, 0.3) is 5.69 Å². The molecule has 0 unspecified atom stereocenters. The van der Waals surface area contributed by atoms with E-state index in [1.54, 1.807) is 35.9 Å². The first-order valence-corrected chi connectivity index (χ1v) is 9.33. The quantitative estimate of drug-likeness (QED) is 0.405. The summed E-state index contributed by atoms with van der Waals surface area (Å²) in [5.74, 6) is -0.451. The molecule has 3 aromatic rings. The molecule has 7 nitrogen and oxygen atoms in total. The van der Waals surface area contributed by atoms with Crippen LogP contribution in [0.4, 0.5) is 5.69 Å². The zero-order valence-electron chi connectivity index (χ0n) is 14.0. The summed E-state index contributed by atoms with van der Waals surface area (Å²) in [5.41, 5.74) is 7.46. The van der Waals surface area contributed by atoms with Crippen molar-refractivity contribution in [1.29, 1.82) is 0 Å². The Labute approximate surface area is 174 Å². The van der Waals surface area contributed by atoms with Gasteiger partial charge in [-0.15, -0.1) is 5.10 Å². The number of carbonyl (C=O) groups is 1. The minimum Gasteiger partial charge on any atom is -0.331 e. The van der Waals surface area contributed by atoms with E-state index < -0.39 is 5.91 Å². The van der Waals surface area contributed by atoms with E-state index in [0.29, 0.717) is 10.7 Å². The van der Waals surface area contributed by atoms with Crippen molar-refractivity contribution in [2.45, 2.75) is 6.92 Å². The number of hydrogen-bond acceptors (Lipinski definition) is 4. The molecule has 3 N–H and O–H groups in total. The van der Waals surface area contributed by atoms with Crippen molar-refractivity contribution in [3.05, 3.63) is 69.4 Å². The maximum absolute atomic E-state index is 12.4. The molecule has 0 radical (unpaired) electrons. The molecule has 0 saturated heterocycles. The zero-order chi connectivity index (χ0) is 19.4. The normalized spacial score (nSPS) is 10.3. The number of halogens is 2. The Kier molecular flexibility index (Phi) is 6.04. The van der Waals surface area contributed by atoms with Crippen LogP contribution in [0.15, 0.2) is 53.0 Å². The summed E-state index contributed by atoms with van der Waals surface area (Å²) in [7, 11) is 0. The maximum atomic E-state index is 12.4. The first-order chi connectivity index (χ1) is 12.9. The number of hydrazine groups is 1. The van der Waals surface area contributed by atoms with Gasteiger partial charge < -0.3 is 5.32 Å². The van der Waals surface area contributed by atoms with Crippen molar-refractivity contribution < 1.29 is 4.79 Å². The highest BCUT2D eigenvalue weighted by Crippen LogP contribution is 2.16. The molecular weight excluding hydrogens is 452 g/mol. The molecule has 138 valence electrons. The van der Waals surface area contributed by atoms with Gasteiger partial charge in [0.05, 0.1) is 11.4 Å². The number of amides is 1. The van der Waals surface area contributed by atoms with E-state index >= 15 is 0 Å². The fourth-order valence-electron chi connectivity index (χ4n) is 2.23. The summed E-state index contributed by atoms with van der Waals surface area (Å²) >= 11 is 14.4. The van der Waals surface area contributed by atoms with Gasteiger partial charge in [0.25, 0.3) is 5.91 Å². The van der Waals surface area contributed by atoms with Crippen LogP contribution in [0.5, 0.6) is 0 Å². The molecule has 0 aliphatic heterocycles. The standard InChI is InChI=1S/C17H14BrClN6OS/c1-10-15(21-24-25(10)14-8-4-12(19)5-9-14)16(26)22-23-17(27)20-13-6-2-11(18)3-7-13/h2-9H,1H3,(H,22,26)(H2,20,23,27). The third kappa shape index (κ3) is 4.82. The van der Waals surface area contributed by atoms with Crippen molar-refractivity contribution in [3.8, 4) is 5.69 Å². The van der Waals surface area contributed by atoms with Crippen LogP contribution in [0, 0.1) is 6.92 Å². The fourth-order valence-corrected chi connectivity index (χ4v) is 2.79. The molecule has 0 atom stereocenters. The molecule has 27 heavy (non-hydrogen) atoms. The predicted octanol–water partition coefficient (Wildman–Crippen LogP) is 3.62. The summed E-state index contributed by atoms with van der Waals surface area (Å²) in [6.07, 6.45) is 0. The highest BCUT2D eigenvalue weighted by Gasteiger charge is 2.17. The number of thiocarbonyl (C=S) groups is 1. The third-order valence-electron chi connectivity index (χ3n) is 3.57. The highest BCUT2D eigenvalue weighted by atomic mass is 79.9. The smallest absolute Gasteiger partial charge is 0.292 e. The van der Waals surface area contributed by atoms with Gasteiger partial charge in [-0.2, -0.15) is 0 Å². The minimum absolute atomic E-state index is 0.184. The first kappa shape index (κ1) is 19.3. The van der Waals surface area contributed by atoms with Gasteiger partial charge in [-0.05, 0) is 67.7 Å². The van der Waals surface area contributed by atoms with E-state index in [0.717, 1.165) is 15.8 Å². The number of nitrogens with zero attached hydrogens (tertiary/aromatic N) is 3. The summed E-state index contributed by atoms with van der Waals surface area (Å²) in [6, 6.07) is 14.5. The van der Waals surface area contributed by atoms with Gasteiger partial charge in [-0.3, -0.25) is 15.6 Å². The van der Waals surface area contributed by atoms with Crippen LogP contribution in [0.1, 0.15) is 16.2 Å². The Morgan fingerprint density at radius 3 is 2.44 bits per heavy atom. The summed E-state index contributed by atoms with van der Waals surface area (Å²) < 4.78 is 2.52. The summed E-state index contributed by atoms with van der Waals surface area (Å²) in [4.78, 5) is 12.4. The molecule has 1 aromatic heterocycles. The first-order valence-electron chi connectivity index (χ1n) is 7.75. The lowest BCUT2D eigenvalue weighted by Crippen LogP contribution is -2.44. The molecule has 1 amide bonds. The monoisotopic (exact) mass is 464 g/mol. The molecule has 0 aliphatic carbocycles. The van der Waals surface area contributed by atoms with E-state index in [2.05, 4.69) is 42.4 Å². The molecule has 3 rings (SSSR count). The van der Waals surface area contributed by atoms with Gasteiger partial charge in [-0.1, -0.05) is 32.7 Å². The summed E-state index contributed by atoms with van der Waals surface area (Å²) in [6.45, 7) is 1.75. The topological polar surface area (TPSA) is 83.9 Å². The van der Waals surface area contributed by atoms with Crippen molar-refractivity contribution in [1.82, 2.24) is 25.8 Å². The van der Waals surface area contributed by atoms with E-state index in [-0.39, 0.29) is 10.8 Å². The lowest BCUT2D eigenvalue weighted by atomic mass is 10.3. The van der Waals surface area contributed by atoms with Crippen molar-refractivity contribution >= 4 is 56.5 Å². The van der Waals surface area contributed by atoms with E-state index in [9.17, 15) is 4.79 Å². The van der Waals surface area contributed by atoms with Crippen LogP contribution in [0.2, 0.25) is 5.02 Å². The number of hydrogen-bond donors (Lipinski definition) is 3. The molecule has 2 aromatic carbocycles. The molecule has 0 spiro atoms. The largest absolute Gasteiger partial charge is 0.331 e. The Morgan fingerprint density at radius 1 is 1.11 bits per heavy atom. The number of rotatable bonds is 3. The Hall–Kier alpha value is -2.49. The lowest BCUT2D eigenvalue weighted by Gasteiger charge is -2.11. The SMILES string of the molecule is Cc1c(C(=O)NNC(=S)Nc2ccc(Br)cc2)nnn1-c1ccc(Cl)cc1. The van der Waals surface area contributed by atoms with Crippen LogP contribution in [0.3, 0.4) is 0 Å². The van der Waals surface area contributed by atoms with Gasteiger partial charge in [0.15, 0.2) is 10.8 Å². The second-order valence-electron chi connectivity index (χ2n) is 5.45. The second kappa shape index (κ2) is 8.47. The van der Waals surface area contributed by atoms with Crippen LogP contribution >= 0.6 is 39.7 Å². The van der Waals surface area contributed by atoms with Crippen molar-refractivity contribution in [2.75, 3.05) is 5.32 Å². The molecule has 0 aliphatic rings. The Bertz CT molecular complexity index is 974. The Morgan fingerprint density at radius 2 is 1.78 bits per heavy atom. The van der Waals surface area contributed by atoms with Gasteiger partial charge in [0.2, 0.25) is 0 Å². The van der Waals surface area contributed by atoms with Gasteiger partial charge in [0, 0.05) is 15.2 Å². The van der Waals surface area contributed by atoms with Crippen LogP contribution in [-0.4, -0.2) is 26.0 Å². The van der Waals surface area contributed by atoms with Crippen molar-refractivity contribution in [2.24, 2.45) is 0 Å². The maximum Gasteiger partial charge on any atom is 0.292 e. The molecule has 1 heterocycles. The Balaban J connectivity index is 1.62. The van der Waals surface area contributed by atoms with Gasteiger partial charge >= 0.3 is 0 Å². The molecule has 0 saturated carbocycles. The van der Waals surface area contributed by atoms with E-state index in [1.807, 2.05) is 24.3 Å². The van der Waals surface area contributed by atoms with Crippen LogP contribution < -0.4 is 16.2 Å². The summed E-state index contributed by atoms with van der Waals surface area (Å²) in [5, 5.41) is 11.8. The second-order valence-corrected chi connectivity index (χ2v) is 7.21. The lowest BCUT2D eigenvalue weighted by molar-refractivity contribution is 0.0938. The highest BCUT2D eigenvalue weighted by molar-refractivity contribution is 9.10. The van der Waals surface area contributed by atoms with Gasteiger partial charge in [-0.25, -0.2) is 4.68 Å². The molecule has 0 bridgehead atoms. The van der Waals surface area contributed by atoms with E-state index in [4.69, 9.17) is 23.8 Å². The predicted molar refractivity (Wildman–Crippen MR) is 112 cm³/mol. The van der Waals surface area contributed by atoms with Crippen LogP contribution in [-0.2, 0) is 0 Å².